The molecule has 0 radical (unpaired) electrons. The standard InChI is InChI=1S/C20H27F2N7O/c1-13-8-14(2)29(28-13)19-10-17(30-12-16(11-23)27-24-3)9-18(26-19)25-15-4-6-20(21,22)7-5-15/h8-11,15,23-24H,4-7,12H2,1-3H3,(H,25,26)/b23-11?,27-16+. The van der Waals surface area contributed by atoms with Crippen molar-refractivity contribution >= 4 is 17.7 Å². The zero-order valence-electron chi connectivity index (χ0n) is 17.4. The molecule has 0 aliphatic heterocycles. The SMILES string of the molecule is CN/N=C(\C=N)COc1cc(NC2CCC(F)(F)CC2)nc(-n2nc(C)cc2C)c1. The Morgan fingerprint density at radius 1 is 1.33 bits per heavy atom. The van der Waals surface area contributed by atoms with Gasteiger partial charge in [0.15, 0.2) is 5.82 Å². The summed E-state index contributed by atoms with van der Waals surface area (Å²) in [6, 6.07) is 5.34. The highest BCUT2D eigenvalue weighted by molar-refractivity contribution is 6.30. The molecule has 1 aliphatic rings. The van der Waals surface area contributed by atoms with Crippen LogP contribution in [0.4, 0.5) is 14.6 Å². The quantitative estimate of drug-likeness (QED) is 0.449. The number of hydrogen-bond acceptors (Lipinski definition) is 7. The molecule has 0 amide bonds. The first-order chi connectivity index (χ1) is 14.3. The summed E-state index contributed by atoms with van der Waals surface area (Å²) < 4.78 is 34.5. The molecule has 0 saturated heterocycles. The van der Waals surface area contributed by atoms with Gasteiger partial charge in [-0.15, -0.1) is 0 Å². The molecule has 30 heavy (non-hydrogen) atoms. The minimum Gasteiger partial charge on any atom is -0.487 e. The molecule has 3 N–H and O–H groups in total. The molecule has 2 heterocycles. The van der Waals surface area contributed by atoms with Crippen LogP contribution in [-0.2, 0) is 0 Å². The number of alkyl halides is 2. The van der Waals surface area contributed by atoms with Crippen LogP contribution in [0, 0.1) is 19.3 Å². The van der Waals surface area contributed by atoms with Gasteiger partial charge in [-0.2, -0.15) is 10.2 Å². The predicted molar refractivity (Wildman–Crippen MR) is 112 cm³/mol. The lowest BCUT2D eigenvalue weighted by Gasteiger charge is -2.29. The van der Waals surface area contributed by atoms with Gasteiger partial charge < -0.3 is 20.9 Å². The van der Waals surface area contributed by atoms with Crippen molar-refractivity contribution in [1.82, 2.24) is 20.2 Å². The van der Waals surface area contributed by atoms with Gasteiger partial charge in [0.25, 0.3) is 0 Å². The number of halogens is 2. The largest absolute Gasteiger partial charge is 0.487 e. The van der Waals surface area contributed by atoms with Crippen molar-refractivity contribution in [3.05, 3.63) is 29.6 Å². The number of ether oxygens (including phenoxy) is 1. The average Bonchev–Trinajstić information content (AvgIpc) is 3.05. The third kappa shape index (κ3) is 5.52. The van der Waals surface area contributed by atoms with Crippen LogP contribution < -0.4 is 15.5 Å². The fraction of sp³-hybridized carbons (Fsp3) is 0.500. The maximum atomic E-state index is 13.5. The van der Waals surface area contributed by atoms with Gasteiger partial charge in [-0.25, -0.2) is 18.4 Å². The molecule has 2 aromatic rings. The Balaban J connectivity index is 1.85. The first-order valence-electron chi connectivity index (χ1n) is 9.86. The average molecular weight is 419 g/mol. The number of anilines is 1. The third-order valence-corrected chi connectivity index (χ3v) is 4.89. The lowest BCUT2D eigenvalue weighted by molar-refractivity contribution is -0.0361. The molecule has 3 rings (SSSR count). The summed E-state index contributed by atoms with van der Waals surface area (Å²) in [4.78, 5) is 4.63. The Labute approximate surface area is 174 Å². The second-order valence-corrected chi connectivity index (χ2v) is 7.42. The molecule has 1 fully saturated rings. The van der Waals surface area contributed by atoms with Crippen molar-refractivity contribution < 1.29 is 13.5 Å². The van der Waals surface area contributed by atoms with Crippen LogP contribution in [0.2, 0.25) is 0 Å². The molecule has 0 atom stereocenters. The van der Waals surface area contributed by atoms with E-state index < -0.39 is 5.92 Å². The number of pyridine rings is 1. The smallest absolute Gasteiger partial charge is 0.248 e. The van der Waals surface area contributed by atoms with Crippen LogP contribution in [-0.4, -0.2) is 52.3 Å². The molecule has 8 nitrogen and oxygen atoms in total. The topological polar surface area (TPSA) is 100 Å². The minimum atomic E-state index is -2.58. The molecule has 0 aromatic carbocycles. The van der Waals surface area contributed by atoms with Crippen molar-refractivity contribution in [3.8, 4) is 11.6 Å². The van der Waals surface area contributed by atoms with Crippen LogP contribution in [0.5, 0.6) is 5.75 Å². The van der Waals surface area contributed by atoms with E-state index in [1.54, 1.807) is 23.9 Å². The second kappa shape index (κ2) is 9.19. The highest BCUT2D eigenvalue weighted by Crippen LogP contribution is 2.34. The summed E-state index contributed by atoms with van der Waals surface area (Å²) in [6.07, 6.45) is 1.60. The normalized spacial score (nSPS) is 16.9. The van der Waals surface area contributed by atoms with Crippen molar-refractivity contribution in [2.45, 2.75) is 51.5 Å². The molecule has 2 aromatic heterocycles. The van der Waals surface area contributed by atoms with E-state index in [0.717, 1.165) is 17.6 Å². The van der Waals surface area contributed by atoms with Gasteiger partial charge in [0.1, 0.15) is 23.9 Å². The van der Waals surface area contributed by atoms with E-state index in [1.807, 2.05) is 19.9 Å². The van der Waals surface area contributed by atoms with Gasteiger partial charge in [-0.1, -0.05) is 0 Å². The number of hydrazone groups is 1. The van der Waals surface area contributed by atoms with Crippen molar-refractivity contribution in [3.63, 3.8) is 0 Å². The molecule has 10 heteroatoms. The van der Waals surface area contributed by atoms with Gasteiger partial charge >= 0.3 is 0 Å². The Hall–Kier alpha value is -3.04. The highest BCUT2D eigenvalue weighted by atomic mass is 19.3. The van der Waals surface area contributed by atoms with Gasteiger partial charge in [0, 0.05) is 50.0 Å². The van der Waals surface area contributed by atoms with E-state index in [9.17, 15) is 8.78 Å². The number of aryl methyl sites for hydroxylation is 2. The predicted octanol–water partition coefficient (Wildman–Crippen LogP) is 3.48. The Kier molecular flexibility index (Phi) is 6.63. The number of hydrogen-bond donors (Lipinski definition) is 3. The van der Waals surface area contributed by atoms with Gasteiger partial charge in [0.05, 0.1) is 5.69 Å². The fourth-order valence-electron chi connectivity index (χ4n) is 3.42. The fourth-order valence-corrected chi connectivity index (χ4v) is 3.42. The van der Waals surface area contributed by atoms with Crippen LogP contribution >= 0.6 is 0 Å². The monoisotopic (exact) mass is 419 g/mol. The summed E-state index contributed by atoms with van der Waals surface area (Å²) in [6.45, 7) is 3.92. The van der Waals surface area contributed by atoms with Gasteiger partial charge in [-0.05, 0) is 32.8 Å². The summed E-state index contributed by atoms with van der Waals surface area (Å²) in [7, 11) is 1.65. The lowest BCUT2D eigenvalue weighted by Crippen LogP contribution is -2.32. The van der Waals surface area contributed by atoms with Crippen molar-refractivity contribution in [2.24, 2.45) is 5.10 Å². The zero-order chi connectivity index (χ0) is 21.7. The Morgan fingerprint density at radius 3 is 2.67 bits per heavy atom. The number of rotatable bonds is 8. The number of nitrogens with zero attached hydrogens (tertiary/aromatic N) is 4. The maximum Gasteiger partial charge on any atom is 0.248 e. The second-order valence-electron chi connectivity index (χ2n) is 7.42. The summed E-state index contributed by atoms with van der Waals surface area (Å²) in [5.74, 6) is -0.973. The molecule has 0 bridgehead atoms. The number of nitrogens with one attached hydrogen (secondary N) is 3. The third-order valence-electron chi connectivity index (χ3n) is 4.89. The van der Waals surface area contributed by atoms with E-state index in [1.165, 1.54) is 0 Å². The van der Waals surface area contributed by atoms with Gasteiger partial charge in [-0.3, -0.25) is 0 Å². The van der Waals surface area contributed by atoms with E-state index in [2.05, 4.69) is 25.9 Å². The van der Waals surface area contributed by atoms with Crippen LogP contribution in [0.25, 0.3) is 5.82 Å². The van der Waals surface area contributed by atoms with E-state index in [0.29, 0.717) is 35.9 Å². The van der Waals surface area contributed by atoms with Crippen LogP contribution in [0.15, 0.2) is 23.3 Å². The molecule has 0 unspecified atom stereocenters. The van der Waals surface area contributed by atoms with E-state index >= 15 is 0 Å². The summed E-state index contributed by atoms with van der Waals surface area (Å²) in [5, 5.41) is 19.1. The van der Waals surface area contributed by atoms with E-state index in [4.69, 9.17) is 10.1 Å². The summed E-state index contributed by atoms with van der Waals surface area (Å²) >= 11 is 0. The summed E-state index contributed by atoms with van der Waals surface area (Å²) in [5.41, 5.74) is 4.83. The molecular weight excluding hydrogens is 392 g/mol. The van der Waals surface area contributed by atoms with Crippen LogP contribution in [0.3, 0.4) is 0 Å². The maximum absolute atomic E-state index is 13.5. The van der Waals surface area contributed by atoms with E-state index in [-0.39, 0.29) is 25.5 Å². The lowest BCUT2D eigenvalue weighted by atomic mass is 9.92. The molecule has 1 aliphatic carbocycles. The van der Waals surface area contributed by atoms with Crippen molar-refractivity contribution in [2.75, 3.05) is 19.0 Å². The highest BCUT2D eigenvalue weighted by Gasteiger charge is 2.35. The first-order valence-corrected chi connectivity index (χ1v) is 9.86. The Morgan fingerprint density at radius 2 is 2.07 bits per heavy atom. The molecular formula is C20H27F2N7O. The Bertz CT molecular complexity index is 916. The molecule has 0 spiro atoms. The van der Waals surface area contributed by atoms with Gasteiger partial charge in [0.2, 0.25) is 5.92 Å². The minimum absolute atomic E-state index is 0.0799. The molecule has 162 valence electrons. The number of aromatic nitrogens is 3. The molecule has 1 saturated carbocycles. The van der Waals surface area contributed by atoms with Crippen molar-refractivity contribution in [1.29, 1.82) is 5.41 Å². The zero-order valence-corrected chi connectivity index (χ0v) is 17.4. The first kappa shape index (κ1) is 21.7. The van der Waals surface area contributed by atoms with Crippen LogP contribution in [0.1, 0.15) is 37.1 Å².